The van der Waals surface area contributed by atoms with Gasteiger partial charge in [0.15, 0.2) is 0 Å². The van der Waals surface area contributed by atoms with Crippen LogP contribution in [0.15, 0.2) is 24.3 Å². The highest BCUT2D eigenvalue weighted by atomic mass is 35.5. The van der Waals surface area contributed by atoms with Crippen molar-refractivity contribution in [2.45, 2.75) is 24.0 Å². The van der Waals surface area contributed by atoms with Gasteiger partial charge in [0.05, 0.1) is 10.9 Å². The van der Waals surface area contributed by atoms with Crippen LogP contribution in [0.3, 0.4) is 0 Å². The number of hydrogen-bond acceptors (Lipinski definition) is 4. The van der Waals surface area contributed by atoms with E-state index in [9.17, 15) is 14.4 Å². The molecule has 2 fully saturated rings. The van der Waals surface area contributed by atoms with Gasteiger partial charge in [-0.15, -0.1) is 0 Å². The Morgan fingerprint density at radius 3 is 2.85 bits per heavy atom. The molecule has 2 amide bonds. The lowest BCUT2D eigenvalue weighted by atomic mass is 9.98. The number of rotatable bonds is 2. The summed E-state index contributed by atoms with van der Waals surface area (Å²) in [6.45, 7) is 0. The number of halogens is 1. The lowest BCUT2D eigenvalue weighted by Gasteiger charge is -2.23. The van der Waals surface area contributed by atoms with Gasteiger partial charge in [0, 0.05) is 5.56 Å². The summed E-state index contributed by atoms with van der Waals surface area (Å²) in [6, 6.07) is 6.74. The average Bonchev–Trinajstić information content (AvgIpc) is 2.92. The second-order valence-electron chi connectivity index (χ2n) is 5.02. The highest BCUT2D eigenvalue weighted by Gasteiger charge is 2.59. The summed E-state index contributed by atoms with van der Waals surface area (Å²) < 4.78 is -0.937. The highest BCUT2D eigenvalue weighted by Crippen LogP contribution is 2.50. The zero-order valence-electron chi connectivity index (χ0n) is 10.5. The maximum atomic E-state index is 12.4. The second kappa shape index (κ2) is 4.90. The van der Waals surface area contributed by atoms with Crippen molar-refractivity contribution in [3.63, 3.8) is 0 Å². The molecule has 2 aliphatic rings. The molecule has 1 saturated carbocycles. The maximum absolute atomic E-state index is 12.4. The number of fused-ring (bicyclic) bond motifs is 1. The van der Waals surface area contributed by atoms with E-state index in [0.29, 0.717) is 23.4 Å². The summed E-state index contributed by atoms with van der Waals surface area (Å²) in [5.74, 6) is -0.992. The number of nitrogens with one attached hydrogen (secondary N) is 1. The number of carbonyl (C=O) groups is 3. The first-order valence-electron chi connectivity index (χ1n) is 6.38. The van der Waals surface area contributed by atoms with Crippen LogP contribution < -0.4 is 5.32 Å². The van der Waals surface area contributed by atoms with E-state index in [4.69, 9.17) is 11.6 Å². The third kappa shape index (κ3) is 1.96. The Balaban J connectivity index is 1.91. The van der Waals surface area contributed by atoms with Gasteiger partial charge in [-0.1, -0.05) is 41.9 Å². The molecule has 1 aromatic carbocycles. The Morgan fingerprint density at radius 1 is 1.35 bits per heavy atom. The van der Waals surface area contributed by atoms with Crippen LogP contribution >= 0.6 is 23.4 Å². The molecule has 4 nitrogen and oxygen atoms in total. The van der Waals surface area contributed by atoms with Crippen LogP contribution in [0.2, 0.25) is 5.02 Å². The molecule has 1 aliphatic heterocycles. The van der Waals surface area contributed by atoms with Crippen LogP contribution in [0.1, 0.15) is 29.6 Å². The zero-order valence-corrected chi connectivity index (χ0v) is 12.1. The quantitative estimate of drug-likeness (QED) is 0.852. The molecule has 1 saturated heterocycles. The summed E-state index contributed by atoms with van der Waals surface area (Å²) in [7, 11) is 0. The van der Waals surface area contributed by atoms with Gasteiger partial charge in [0.1, 0.15) is 4.75 Å². The molecule has 6 heteroatoms. The first-order chi connectivity index (χ1) is 9.54. The molecule has 20 heavy (non-hydrogen) atoms. The monoisotopic (exact) mass is 309 g/mol. The Kier molecular flexibility index (Phi) is 3.34. The summed E-state index contributed by atoms with van der Waals surface area (Å²) in [4.78, 5) is 36.3. The SMILES string of the molecule is O=C(S[C@]12CCC[C@H]1C(=O)NC2=O)c1ccccc1Cl. The van der Waals surface area contributed by atoms with Gasteiger partial charge in [-0.3, -0.25) is 19.7 Å². The van der Waals surface area contributed by atoms with Crippen molar-refractivity contribution in [1.29, 1.82) is 0 Å². The van der Waals surface area contributed by atoms with Crippen molar-refractivity contribution in [3.05, 3.63) is 34.9 Å². The predicted molar refractivity (Wildman–Crippen MR) is 76.6 cm³/mol. The third-order valence-electron chi connectivity index (χ3n) is 3.91. The number of thioether (sulfide) groups is 1. The summed E-state index contributed by atoms with van der Waals surface area (Å²) in [6.07, 6.45) is 1.99. The van der Waals surface area contributed by atoms with E-state index >= 15 is 0 Å². The number of carbonyl (C=O) groups excluding carboxylic acids is 3. The standard InChI is InChI=1S/C14H12ClNO3S/c15-10-6-2-1-4-8(10)12(18)20-14-7-3-5-9(14)11(17)16-13(14)19/h1-2,4,6,9H,3,5,7H2,(H,16,17,19)/t9-,14+/m0/s1. The molecule has 3 rings (SSSR count). The lowest BCUT2D eigenvalue weighted by molar-refractivity contribution is -0.126. The first kappa shape index (κ1) is 13.6. The van der Waals surface area contributed by atoms with Crippen molar-refractivity contribution in [2.24, 2.45) is 5.92 Å². The van der Waals surface area contributed by atoms with E-state index in [1.54, 1.807) is 24.3 Å². The zero-order chi connectivity index (χ0) is 14.3. The molecular weight excluding hydrogens is 298 g/mol. The van der Waals surface area contributed by atoms with E-state index in [1.165, 1.54) is 0 Å². The van der Waals surface area contributed by atoms with Gasteiger partial charge in [-0.05, 0) is 25.0 Å². The van der Waals surface area contributed by atoms with Gasteiger partial charge >= 0.3 is 0 Å². The number of amides is 2. The second-order valence-corrected chi connectivity index (χ2v) is 6.73. The van der Waals surface area contributed by atoms with Gasteiger partial charge in [0.2, 0.25) is 16.9 Å². The molecule has 0 spiro atoms. The lowest BCUT2D eigenvalue weighted by Crippen LogP contribution is -2.37. The summed E-state index contributed by atoms with van der Waals surface area (Å²) in [5, 5.41) is 2.45. The van der Waals surface area contributed by atoms with E-state index in [0.717, 1.165) is 18.2 Å². The molecule has 104 valence electrons. The number of imide groups is 1. The normalized spacial score (nSPS) is 28.4. The highest BCUT2D eigenvalue weighted by molar-refractivity contribution is 8.16. The smallest absolute Gasteiger partial charge is 0.244 e. The van der Waals surface area contributed by atoms with Crippen LogP contribution in [0.5, 0.6) is 0 Å². The fourth-order valence-corrected chi connectivity index (χ4v) is 4.56. The van der Waals surface area contributed by atoms with Gasteiger partial charge in [0.25, 0.3) is 0 Å². The molecule has 2 atom stereocenters. The maximum Gasteiger partial charge on any atom is 0.244 e. The van der Waals surface area contributed by atoms with Crippen LogP contribution in [-0.2, 0) is 9.59 Å². The number of hydrogen-bond donors (Lipinski definition) is 1. The minimum atomic E-state index is -0.937. The van der Waals surface area contributed by atoms with E-state index in [1.807, 2.05) is 0 Å². The average molecular weight is 310 g/mol. The van der Waals surface area contributed by atoms with Crippen molar-refractivity contribution in [2.75, 3.05) is 0 Å². The van der Waals surface area contributed by atoms with Crippen LogP contribution in [-0.4, -0.2) is 21.7 Å². The summed E-state index contributed by atoms with van der Waals surface area (Å²) in [5.41, 5.74) is 0.381. The van der Waals surface area contributed by atoms with Crippen molar-refractivity contribution in [3.8, 4) is 0 Å². The number of benzene rings is 1. The summed E-state index contributed by atoms with van der Waals surface area (Å²) >= 11 is 6.96. The van der Waals surface area contributed by atoms with E-state index in [2.05, 4.69) is 5.32 Å². The Bertz CT molecular complexity index is 618. The molecule has 1 aliphatic carbocycles. The minimum Gasteiger partial charge on any atom is -0.295 e. The fraction of sp³-hybridized carbons (Fsp3) is 0.357. The Labute approximate surface area is 125 Å². The molecule has 1 N–H and O–H groups in total. The molecule has 1 aromatic rings. The van der Waals surface area contributed by atoms with Gasteiger partial charge in [-0.2, -0.15) is 0 Å². The molecule has 0 bridgehead atoms. The third-order valence-corrected chi connectivity index (χ3v) is 5.68. The molecule has 1 heterocycles. The van der Waals surface area contributed by atoms with Crippen LogP contribution in [0, 0.1) is 5.92 Å². The van der Waals surface area contributed by atoms with Gasteiger partial charge < -0.3 is 0 Å². The van der Waals surface area contributed by atoms with Crippen molar-refractivity contribution in [1.82, 2.24) is 5.32 Å². The van der Waals surface area contributed by atoms with Crippen molar-refractivity contribution < 1.29 is 14.4 Å². The molecule has 0 aromatic heterocycles. The first-order valence-corrected chi connectivity index (χ1v) is 7.57. The largest absolute Gasteiger partial charge is 0.295 e. The van der Waals surface area contributed by atoms with Crippen LogP contribution in [0.4, 0.5) is 0 Å². The topological polar surface area (TPSA) is 63.2 Å². The fourth-order valence-electron chi connectivity index (χ4n) is 2.91. The Hall–Kier alpha value is -1.33. The van der Waals surface area contributed by atoms with E-state index in [-0.39, 0.29) is 16.9 Å². The Morgan fingerprint density at radius 2 is 2.10 bits per heavy atom. The molecule has 0 radical (unpaired) electrons. The van der Waals surface area contributed by atoms with Crippen LogP contribution in [0.25, 0.3) is 0 Å². The molecular formula is C14H12ClNO3S. The minimum absolute atomic E-state index is 0.257. The predicted octanol–water partition coefficient (Wildman–Crippen LogP) is 2.41. The molecule has 0 unspecified atom stereocenters. The van der Waals surface area contributed by atoms with Crippen molar-refractivity contribution >= 4 is 40.3 Å². The van der Waals surface area contributed by atoms with Gasteiger partial charge in [-0.25, -0.2) is 0 Å². The van der Waals surface area contributed by atoms with E-state index < -0.39 is 10.7 Å².